The van der Waals surface area contributed by atoms with Gasteiger partial charge in [-0.3, -0.25) is 0 Å². The Morgan fingerprint density at radius 2 is 2.06 bits per heavy atom. The lowest BCUT2D eigenvalue weighted by Crippen LogP contribution is -2.00. The summed E-state index contributed by atoms with van der Waals surface area (Å²) in [7, 11) is 0. The second kappa shape index (κ2) is 5.29. The van der Waals surface area contributed by atoms with Crippen LogP contribution in [0.15, 0.2) is 18.2 Å². The van der Waals surface area contributed by atoms with Crippen LogP contribution in [0, 0.1) is 25.7 Å². The van der Waals surface area contributed by atoms with Gasteiger partial charge in [0.05, 0.1) is 0 Å². The Balaban J connectivity index is 2.51. The van der Waals surface area contributed by atoms with Gasteiger partial charge in [-0.1, -0.05) is 6.07 Å². The van der Waals surface area contributed by atoms with E-state index >= 15 is 0 Å². The third-order valence-electron chi connectivity index (χ3n) is 3.58. The number of aromatic nitrogens is 1. The van der Waals surface area contributed by atoms with Crippen LogP contribution in [0.5, 0.6) is 0 Å². The van der Waals surface area contributed by atoms with E-state index in [1.807, 2.05) is 6.92 Å². The van der Waals surface area contributed by atoms with E-state index in [4.69, 9.17) is 5.73 Å². The van der Waals surface area contributed by atoms with Crippen LogP contribution in [0.3, 0.4) is 0 Å². The monoisotopic (exact) mass is 240 g/mol. The molecule has 0 atom stereocenters. The summed E-state index contributed by atoms with van der Waals surface area (Å²) in [5.74, 6) is 6.08. The third-order valence-corrected chi connectivity index (χ3v) is 3.58. The first-order valence-electron chi connectivity index (χ1n) is 6.37. The number of fused-ring (bicyclic) bond motifs is 1. The van der Waals surface area contributed by atoms with Gasteiger partial charge in [-0.15, -0.1) is 11.8 Å². The van der Waals surface area contributed by atoms with Crippen LogP contribution in [0.2, 0.25) is 0 Å². The van der Waals surface area contributed by atoms with Gasteiger partial charge in [0.15, 0.2) is 0 Å². The number of aryl methyl sites for hydroxylation is 2. The van der Waals surface area contributed by atoms with E-state index in [9.17, 15) is 0 Å². The molecule has 2 N–H and O–H groups in total. The van der Waals surface area contributed by atoms with Crippen molar-refractivity contribution in [1.29, 1.82) is 0 Å². The Morgan fingerprint density at radius 1 is 1.28 bits per heavy atom. The van der Waals surface area contributed by atoms with Crippen molar-refractivity contribution in [2.45, 2.75) is 40.3 Å². The molecule has 94 valence electrons. The quantitative estimate of drug-likeness (QED) is 0.821. The molecule has 1 aromatic heterocycles. The summed E-state index contributed by atoms with van der Waals surface area (Å²) in [6, 6.07) is 6.50. The first-order chi connectivity index (χ1) is 8.69. The molecule has 0 aliphatic heterocycles. The maximum atomic E-state index is 5.71. The summed E-state index contributed by atoms with van der Waals surface area (Å²) < 4.78 is 2.36. The fourth-order valence-electron chi connectivity index (χ4n) is 2.40. The summed E-state index contributed by atoms with van der Waals surface area (Å²) in [5, 5.41) is 1.32. The lowest BCUT2D eigenvalue weighted by Gasteiger charge is -2.06. The molecule has 18 heavy (non-hydrogen) atoms. The first kappa shape index (κ1) is 12.7. The Bertz CT molecular complexity index is 624. The maximum absolute atomic E-state index is 5.71. The number of benzene rings is 1. The minimum Gasteiger partial charge on any atom is -0.344 e. The molecule has 0 aliphatic rings. The molecule has 2 heteroatoms. The van der Waals surface area contributed by atoms with E-state index in [1.54, 1.807) is 0 Å². The van der Waals surface area contributed by atoms with Crippen LogP contribution in [-0.4, -0.2) is 4.57 Å². The second-order valence-electron chi connectivity index (χ2n) is 4.59. The molecule has 0 amide bonds. The average molecular weight is 240 g/mol. The Labute approximate surface area is 109 Å². The smallest absolute Gasteiger partial charge is 0.0485 e. The van der Waals surface area contributed by atoms with Crippen molar-refractivity contribution in [2.75, 3.05) is 0 Å². The molecule has 2 nitrogen and oxygen atoms in total. The largest absolute Gasteiger partial charge is 0.344 e. The van der Waals surface area contributed by atoms with Gasteiger partial charge < -0.3 is 10.3 Å². The second-order valence-corrected chi connectivity index (χ2v) is 4.59. The lowest BCUT2D eigenvalue weighted by atomic mass is 10.1. The van der Waals surface area contributed by atoms with Gasteiger partial charge in [0.25, 0.3) is 0 Å². The molecule has 0 fully saturated rings. The van der Waals surface area contributed by atoms with E-state index in [1.165, 1.54) is 27.7 Å². The minimum atomic E-state index is 0.598. The highest BCUT2D eigenvalue weighted by molar-refractivity contribution is 5.86. The fraction of sp³-hybridized carbons (Fsp3) is 0.375. The van der Waals surface area contributed by atoms with Crippen LogP contribution in [0.1, 0.15) is 30.2 Å². The molecule has 1 heterocycles. The van der Waals surface area contributed by atoms with Crippen molar-refractivity contribution in [1.82, 2.24) is 4.57 Å². The minimum absolute atomic E-state index is 0.598. The summed E-state index contributed by atoms with van der Waals surface area (Å²) in [6.07, 6.45) is 0.902. The zero-order valence-electron chi connectivity index (χ0n) is 11.4. The molecule has 0 unspecified atom stereocenters. The Kier molecular flexibility index (Phi) is 3.74. The Morgan fingerprint density at radius 3 is 2.72 bits per heavy atom. The normalized spacial score (nSPS) is 10.4. The molecular formula is C16H20N2. The van der Waals surface area contributed by atoms with Gasteiger partial charge in [0, 0.05) is 36.1 Å². The van der Waals surface area contributed by atoms with Crippen molar-refractivity contribution in [3.63, 3.8) is 0 Å². The van der Waals surface area contributed by atoms with Crippen molar-refractivity contribution < 1.29 is 0 Å². The molecular weight excluding hydrogens is 220 g/mol. The number of nitrogens with two attached hydrogens (primary N) is 1. The van der Waals surface area contributed by atoms with Crippen LogP contribution < -0.4 is 5.73 Å². The van der Waals surface area contributed by atoms with Crippen LogP contribution in [-0.2, 0) is 13.1 Å². The third kappa shape index (κ3) is 2.14. The predicted octanol–water partition coefficient (Wildman–Crippen LogP) is 3.13. The molecule has 0 bridgehead atoms. The highest BCUT2D eigenvalue weighted by Crippen LogP contribution is 2.26. The van der Waals surface area contributed by atoms with E-state index in [-0.39, 0.29) is 0 Å². The number of rotatable bonds is 3. The van der Waals surface area contributed by atoms with Crippen molar-refractivity contribution in [3.05, 3.63) is 35.0 Å². The fourth-order valence-corrected chi connectivity index (χ4v) is 2.40. The van der Waals surface area contributed by atoms with Crippen molar-refractivity contribution in [2.24, 2.45) is 5.73 Å². The molecule has 0 aliphatic carbocycles. The van der Waals surface area contributed by atoms with Gasteiger partial charge in [0.2, 0.25) is 0 Å². The molecule has 2 aromatic rings. The topological polar surface area (TPSA) is 30.9 Å². The van der Waals surface area contributed by atoms with Crippen LogP contribution in [0.4, 0.5) is 0 Å². The Hall–Kier alpha value is -1.72. The standard InChI is InChI=1S/C16H20N2/c1-4-5-6-9-18-13(3)12(2)15-10-14(11-17)7-8-16(15)18/h7-8,10H,6,9,11,17H2,1-3H3. The van der Waals surface area contributed by atoms with Crippen LogP contribution in [0.25, 0.3) is 10.9 Å². The summed E-state index contributed by atoms with van der Waals surface area (Å²) >= 11 is 0. The molecule has 0 saturated heterocycles. The van der Waals surface area contributed by atoms with Gasteiger partial charge in [-0.05, 0) is 44.0 Å². The first-order valence-corrected chi connectivity index (χ1v) is 6.37. The lowest BCUT2D eigenvalue weighted by molar-refractivity contribution is 0.723. The highest BCUT2D eigenvalue weighted by Gasteiger charge is 2.10. The van der Waals surface area contributed by atoms with Gasteiger partial charge >= 0.3 is 0 Å². The number of nitrogens with zero attached hydrogens (tertiary/aromatic N) is 1. The summed E-state index contributed by atoms with van der Waals surface area (Å²) in [5.41, 5.74) is 10.9. The maximum Gasteiger partial charge on any atom is 0.0485 e. The van der Waals surface area contributed by atoms with E-state index < -0.39 is 0 Å². The summed E-state index contributed by atoms with van der Waals surface area (Å²) in [4.78, 5) is 0. The zero-order chi connectivity index (χ0) is 13.1. The van der Waals surface area contributed by atoms with E-state index in [0.717, 1.165) is 13.0 Å². The van der Waals surface area contributed by atoms with Gasteiger partial charge in [-0.2, -0.15) is 0 Å². The molecule has 2 rings (SSSR count). The van der Waals surface area contributed by atoms with Gasteiger partial charge in [-0.25, -0.2) is 0 Å². The zero-order valence-corrected chi connectivity index (χ0v) is 11.4. The average Bonchev–Trinajstić information content (AvgIpc) is 2.63. The van der Waals surface area contributed by atoms with Gasteiger partial charge in [0.1, 0.15) is 0 Å². The van der Waals surface area contributed by atoms with E-state index in [2.05, 4.69) is 48.5 Å². The van der Waals surface area contributed by atoms with Crippen LogP contribution >= 0.6 is 0 Å². The molecule has 0 saturated carbocycles. The SMILES string of the molecule is CC#CCCn1c(C)c(C)c2cc(CN)ccc21. The molecule has 0 spiro atoms. The number of hydrogen-bond donors (Lipinski definition) is 1. The predicted molar refractivity (Wildman–Crippen MR) is 77.4 cm³/mol. The van der Waals surface area contributed by atoms with E-state index in [0.29, 0.717) is 6.54 Å². The molecule has 0 radical (unpaired) electrons. The van der Waals surface area contributed by atoms with Crippen molar-refractivity contribution >= 4 is 10.9 Å². The van der Waals surface area contributed by atoms with Crippen molar-refractivity contribution in [3.8, 4) is 11.8 Å². The summed E-state index contributed by atoms with van der Waals surface area (Å²) in [6.45, 7) is 7.80. The molecule has 1 aromatic carbocycles. The highest BCUT2D eigenvalue weighted by atomic mass is 15.0. The number of hydrogen-bond acceptors (Lipinski definition) is 1.